The third-order valence-corrected chi connectivity index (χ3v) is 22.6. The number of carbonyl (C=O) groups excluding carboxylic acids is 22. The smallest absolute Gasteiger partial charge is 0.322 e. The van der Waals surface area contributed by atoms with Crippen LogP contribution in [0.2, 0.25) is 0 Å². The SMILES string of the molecule is NCCCC[C@H](NC(=O)[C@H](CS)NC(=O)[C@H](CC(N)=O)NC(=O)[C@H](CO)NC(=O)[C@H](CCC(N)=O)NC(=O)[C@H](CS)NC(=O)[C@H](CC(N)=O)NC(=O)[C@H](Cc1cnc[nH]1)NC(=O)[C@H](CC(=O)O)NC(=O)[C@@H]1CCCN1C(=O)[C@H](CO)NC(=O)[C@H](CS)NC(=O)[C@H](Cc1ccc(O)cc1)NC(=O)[C@H](CCC(=O)O)NC(=O)[C@@H](N)CC(=O)O)C(=O)N[C@@H](CC(=O)O)C(=O)N[C@@H](CO)C(=O)NCC(=O)N[C@@H](CCC(=O)O)C(=O)NCC(=O)O. The zero-order valence-electron chi connectivity index (χ0n) is 79.7. The van der Waals surface area contributed by atoms with Gasteiger partial charge in [-0.15, -0.1) is 0 Å². The van der Waals surface area contributed by atoms with E-state index in [0.29, 0.717) is 0 Å². The molecule has 3 rings (SSSR count). The van der Waals surface area contributed by atoms with E-state index in [4.69, 9.17) is 44.0 Å². The number of carboxylic acid groups (broad SMARTS) is 6. The second-order valence-electron chi connectivity index (χ2n) is 33.2. The number of carboxylic acids is 6. The molecular formula is C83H122N26O38S3. The predicted molar refractivity (Wildman–Crippen MR) is 514 cm³/mol. The highest BCUT2D eigenvalue weighted by Crippen LogP contribution is 2.21. The summed E-state index contributed by atoms with van der Waals surface area (Å²) in [6.07, 6.45) is -9.09. The fourth-order valence-corrected chi connectivity index (χ4v) is 14.5. The molecule has 18 atom stereocenters. The molecule has 830 valence electrons. The average Bonchev–Trinajstić information content (AvgIpc) is 1.63. The summed E-state index contributed by atoms with van der Waals surface area (Å²) in [5.41, 5.74) is 27.9. The van der Waals surface area contributed by atoms with Crippen molar-refractivity contribution >= 4 is 204 Å². The number of thiol groups is 3. The Balaban J connectivity index is 1.85. The molecule has 0 radical (unpaired) electrons. The topological polar surface area (TPSA) is 1060 Å². The number of aliphatic hydroxyl groups excluding tert-OH is 3. The number of nitrogens with one attached hydrogen (secondary N) is 19. The first kappa shape index (κ1) is 128. The minimum atomic E-state index is -2.21. The first-order chi connectivity index (χ1) is 70.6. The maximum Gasteiger partial charge on any atom is 0.322 e. The van der Waals surface area contributed by atoms with Crippen LogP contribution in [-0.4, -0.2) is 404 Å². The van der Waals surface area contributed by atoms with Crippen molar-refractivity contribution in [3.63, 3.8) is 0 Å². The zero-order valence-corrected chi connectivity index (χ0v) is 82.4. The number of rotatable bonds is 71. The number of imidazole rings is 1. The lowest BCUT2D eigenvalue weighted by Crippen LogP contribution is -2.62. The number of nitrogens with zero attached hydrogens (tertiary/aromatic N) is 2. The molecule has 2 aromatic rings. The van der Waals surface area contributed by atoms with E-state index in [1.165, 1.54) is 24.3 Å². The second kappa shape index (κ2) is 65.8. The summed E-state index contributed by atoms with van der Waals surface area (Å²) >= 11 is 12.3. The molecular weight excluding hydrogens is 2070 g/mol. The Hall–Kier alpha value is -15.8. The van der Waals surface area contributed by atoms with Crippen molar-refractivity contribution in [1.82, 2.24) is 111 Å². The van der Waals surface area contributed by atoms with Gasteiger partial charge in [0.2, 0.25) is 130 Å². The standard InChI is InChI=1S/C83H122N26O38S3/c84-16-2-1-4-39(69(133)101-47(23-63(124)125)77(141)103-49(28-110)68(132)90-26-59(117)93-40(11-14-60(118)119)67(131)91-27-65(128)129)95-79(143)52(31-148)107-75(139)46(22-58(88)116)100-78(142)50(29-111)104-71(135)41(10-13-56(86)114)96-80(144)53(32-149)108-74(138)45(21-57(87)115)99-73(137)44(19-36-25-89-34-92-36)98-76(140)48(24-64(126)127)102-82(146)55-5-3-17-109(55)83(147)51(30-112)105-81(145)54(33-150)106-72(136)43(18-35-6-8-37(113)9-7-35)97-70(134)42(12-15-61(120)121)94-66(130)38(85)20-62(122)123/h6-9,25,34,38-55,110-113,148-150H,1-5,10-24,26-33,84-85H2,(H2,86,114)(H2,87,115)(H2,88,116)(H,89,92)(H,90,132)(H,91,131)(H,93,117)(H,94,130)(H,95,143)(H,96,144)(H,97,134)(H,98,140)(H,99,137)(H,100,142)(H,101,133)(H,102,146)(H,103,141)(H,104,135)(H,105,145)(H,106,136)(H,107,139)(H,108,138)(H,118,119)(H,120,121)(H,122,123)(H,124,125)(H,126,127)(H,128,129)/t38-,39-,40-,41-,42-,43-,44-,45-,46-,47-,48-,49-,50-,51-,52-,53-,54-,55-/m0/s1. The molecule has 1 aromatic heterocycles. The van der Waals surface area contributed by atoms with Crippen LogP contribution in [0.15, 0.2) is 36.8 Å². The van der Waals surface area contributed by atoms with Gasteiger partial charge in [-0.25, -0.2) is 4.98 Å². The van der Waals surface area contributed by atoms with Gasteiger partial charge in [0.25, 0.3) is 0 Å². The molecule has 1 aliphatic heterocycles. The van der Waals surface area contributed by atoms with Crippen molar-refractivity contribution < 1.29 is 185 Å². The predicted octanol–water partition coefficient (Wildman–Crippen LogP) is -17.6. The fraction of sp³-hybridized carbons (Fsp3) is 0.554. The molecule has 0 bridgehead atoms. The molecule has 0 unspecified atom stereocenters. The molecule has 1 fully saturated rings. The number of carbonyl (C=O) groups is 28. The van der Waals surface area contributed by atoms with Crippen molar-refractivity contribution in [2.24, 2.45) is 28.7 Å². The van der Waals surface area contributed by atoms with E-state index in [1.807, 2.05) is 26.6 Å². The van der Waals surface area contributed by atoms with Crippen LogP contribution in [0.5, 0.6) is 5.75 Å². The number of aromatic nitrogens is 2. The van der Waals surface area contributed by atoms with Crippen molar-refractivity contribution in [3.8, 4) is 5.75 Å². The lowest BCUT2D eigenvalue weighted by Gasteiger charge is -2.30. The Kier molecular flexibility index (Phi) is 56.3. The number of aromatic amines is 1. The van der Waals surface area contributed by atoms with Crippen LogP contribution in [0.1, 0.15) is 114 Å². The Labute approximate surface area is 865 Å². The Morgan fingerprint density at radius 3 is 1.12 bits per heavy atom. The number of aliphatic carboxylic acids is 6. The average molecular weight is 2190 g/mol. The second-order valence-corrected chi connectivity index (χ2v) is 34.3. The van der Waals surface area contributed by atoms with Gasteiger partial charge in [0.1, 0.15) is 115 Å². The number of H-pyrrole nitrogens is 1. The molecule has 0 spiro atoms. The molecule has 1 saturated heterocycles. The van der Waals surface area contributed by atoms with E-state index >= 15 is 0 Å². The van der Waals surface area contributed by atoms with Crippen molar-refractivity contribution in [1.29, 1.82) is 0 Å². The van der Waals surface area contributed by atoms with Crippen LogP contribution >= 0.6 is 37.9 Å². The van der Waals surface area contributed by atoms with Gasteiger partial charge < -0.3 is 185 Å². The normalized spacial score (nSPS) is 15.3. The Morgan fingerprint density at radius 1 is 0.367 bits per heavy atom. The van der Waals surface area contributed by atoms with Gasteiger partial charge in [0.05, 0.1) is 70.8 Å². The minimum Gasteiger partial charge on any atom is -0.508 e. The summed E-state index contributed by atoms with van der Waals surface area (Å²) in [7, 11) is 0. The van der Waals surface area contributed by atoms with E-state index in [9.17, 15) is 170 Å². The number of aliphatic hydroxyl groups is 3. The molecule has 1 aromatic carbocycles. The van der Waals surface area contributed by atoms with Gasteiger partial charge in [-0.1, -0.05) is 12.1 Å². The summed E-state index contributed by atoms with van der Waals surface area (Å²) in [5, 5.41) is 136. The number of phenolic OH excluding ortho intramolecular Hbond substituents is 1. The summed E-state index contributed by atoms with van der Waals surface area (Å²) in [6, 6.07) is -29.6. The van der Waals surface area contributed by atoms with Crippen LogP contribution in [0, 0.1) is 0 Å². The Morgan fingerprint density at radius 2 is 0.713 bits per heavy atom. The summed E-state index contributed by atoms with van der Waals surface area (Å²) in [4.78, 5) is 377. The van der Waals surface area contributed by atoms with E-state index in [-0.39, 0.29) is 62.2 Å². The van der Waals surface area contributed by atoms with E-state index < -0.39 is 408 Å². The number of aromatic hydroxyl groups is 1. The van der Waals surface area contributed by atoms with Crippen molar-refractivity contribution in [3.05, 3.63) is 48.0 Å². The van der Waals surface area contributed by atoms with E-state index in [1.54, 1.807) is 0 Å². The highest BCUT2D eigenvalue weighted by atomic mass is 32.1. The van der Waals surface area contributed by atoms with Gasteiger partial charge in [0, 0.05) is 67.8 Å². The molecule has 39 N–H and O–H groups in total. The molecule has 0 aliphatic carbocycles. The van der Waals surface area contributed by atoms with Crippen LogP contribution in [0.3, 0.4) is 0 Å². The number of unbranched alkanes of at least 4 members (excludes halogenated alkanes) is 1. The molecule has 1 aliphatic rings. The van der Waals surface area contributed by atoms with Crippen LogP contribution < -0.4 is 124 Å². The number of primary amides is 3. The van der Waals surface area contributed by atoms with Crippen molar-refractivity contribution in [2.45, 2.75) is 224 Å². The third kappa shape index (κ3) is 46.5. The van der Waals surface area contributed by atoms with Crippen LogP contribution in [0.4, 0.5) is 0 Å². The number of hydrogen-bond donors (Lipinski definition) is 37. The monoisotopic (exact) mass is 2190 g/mol. The Bertz CT molecular complexity index is 5170. The fourth-order valence-electron chi connectivity index (χ4n) is 13.7. The summed E-state index contributed by atoms with van der Waals surface area (Å²) < 4.78 is 0. The number of hydrogen-bond acceptors (Lipinski definition) is 38. The number of likely N-dealkylation sites (tertiary alicyclic amines) is 1. The van der Waals surface area contributed by atoms with E-state index in [0.717, 1.165) is 17.4 Å². The maximum absolute atomic E-state index is 14.5. The molecule has 2 heterocycles. The van der Waals surface area contributed by atoms with E-state index in [2.05, 4.69) is 117 Å². The maximum atomic E-state index is 14.5. The van der Waals surface area contributed by atoms with Gasteiger partial charge in [-0.3, -0.25) is 134 Å². The minimum absolute atomic E-state index is 0.00464. The quantitative estimate of drug-likeness (QED) is 0.0216. The first-order valence-electron chi connectivity index (χ1n) is 45.4. The number of amides is 22. The molecule has 0 saturated carbocycles. The summed E-state index contributed by atoms with van der Waals surface area (Å²) in [6.45, 7) is -6.14. The zero-order chi connectivity index (χ0) is 113. The number of nitrogens with two attached hydrogens (primary N) is 5. The van der Waals surface area contributed by atoms with Crippen molar-refractivity contribution in [2.75, 3.05) is 63.3 Å². The summed E-state index contributed by atoms with van der Waals surface area (Å²) in [5.74, 6) is -40.4. The molecule has 64 nitrogen and oxygen atoms in total. The van der Waals surface area contributed by atoms with Gasteiger partial charge >= 0.3 is 35.8 Å². The highest BCUT2D eigenvalue weighted by molar-refractivity contribution is 7.80. The molecule has 22 amide bonds. The van der Waals surface area contributed by atoms with Gasteiger partial charge in [-0.2, -0.15) is 37.9 Å². The van der Waals surface area contributed by atoms with Crippen LogP contribution in [0.25, 0.3) is 0 Å². The highest BCUT2D eigenvalue weighted by Gasteiger charge is 2.44. The molecule has 150 heavy (non-hydrogen) atoms. The number of phenols is 1. The van der Waals surface area contributed by atoms with Crippen LogP contribution in [-0.2, 0) is 147 Å². The first-order valence-corrected chi connectivity index (χ1v) is 47.3. The van der Waals surface area contributed by atoms with Gasteiger partial charge in [0.15, 0.2) is 0 Å². The molecule has 67 heteroatoms. The number of benzene rings is 1. The third-order valence-electron chi connectivity index (χ3n) is 21.5. The lowest BCUT2D eigenvalue weighted by atomic mass is 10.0. The largest absolute Gasteiger partial charge is 0.508 e. The lowest BCUT2D eigenvalue weighted by molar-refractivity contribution is -0.144. The van der Waals surface area contributed by atoms with Gasteiger partial charge in [-0.05, 0) is 75.6 Å².